The number of rotatable bonds is 6. The highest BCUT2D eigenvalue weighted by atomic mass is 27.0. The van der Waals surface area contributed by atoms with Crippen LogP contribution in [-0.4, -0.2) is 35.3 Å². The molecular weight excluding hydrogens is 267 g/mol. The Morgan fingerprint density at radius 1 is 0.632 bits per heavy atom. The normalized spacial score (nSPS) is 7.74. The molecule has 0 amide bonds. The van der Waals surface area contributed by atoms with Gasteiger partial charge in [-0.05, 0) is 19.3 Å². The Kier molecular flexibility index (Phi) is 30.9. The van der Waals surface area contributed by atoms with Gasteiger partial charge in [-0.3, -0.25) is 0 Å². The minimum absolute atomic E-state index is 0. The van der Waals surface area contributed by atoms with E-state index in [9.17, 15) is 29.7 Å². The lowest BCUT2D eigenvalue weighted by Gasteiger charge is -1.92. The first-order valence-corrected chi connectivity index (χ1v) is 5.91. The van der Waals surface area contributed by atoms with Gasteiger partial charge < -0.3 is 29.7 Å². The third-order valence-electron chi connectivity index (χ3n) is 1.36. The van der Waals surface area contributed by atoms with Crippen LogP contribution in [0.5, 0.6) is 0 Å². The lowest BCUT2D eigenvalue weighted by molar-refractivity contribution is -0.307. The summed E-state index contributed by atoms with van der Waals surface area (Å²) < 4.78 is 0. The maximum absolute atomic E-state index is 9.49. The molecular formula is C12H21AlO6-3. The second-order valence-electron chi connectivity index (χ2n) is 3.37. The molecule has 0 aromatic rings. The summed E-state index contributed by atoms with van der Waals surface area (Å²) in [6.07, 6.45) is 2.55. The van der Waals surface area contributed by atoms with Crippen molar-refractivity contribution >= 4 is 35.3 Å². The van der Waals surface area contributed by atoms with Crippen LogP contribution >= 0.6 is 0 Å². The molecule has 0 N–H and O–H groups in total. The van der Waals surface area contributed by atoms with Gasteiger partial charge in [0.15, 0.2) is 0 Å². The average molecular weight is 288 g/mol. The highest BCUT2D eigenvalue weighted by molar-refractivity contribution is 5.75. The Labute approximate surface area is 125 Å². The summed E-state index contributed by atoms with van der Waals surface area (Å²) in [6, 6.07) is 0. The smallest absolute Gasteiger partial charge is 0.0414 e. The summed E-state index contributed by atoms with van der Waals surface area (Å²) in [4.78, 5) is 28.5. The van der Waals surface area contributed by atoms with Crippen LogP contribution in [0.1, 0.15) is 59.3 Å². The van der Waals surface area contributed by atoms with Gasteiger partial charge in [-0.15, -0.1) is 0 Å². The van der Waals surface area contributed by atoms with Gasteiger partial charge >= 0.3 is 0 Å². The molecule has 0 heterocycles. The minimum Gasteiger partial charge on any atom is -0.550 e. The van der Waals surface area contributed by atoms with E-state index >= 15 is 0 Å². The molecule has 0 fully saturated rings. The van der Waals surface area contributed by atoms with Gasteiger partial charge in [0, 0.05) is 35.3 Å². The summed E-state index contributed by atoms with van der Waals surface area (Å²) in [7, 11) is 0. The monoisotopic (exact) mass is 288 g/mol. The lowest BCUT2D eigenvalue weighted by atomic mass is 10.4. The topological polar surface area (TPSA) is 120 Å². The average Bonchev–Trinajstić information content (AvgIpc) is 2.18. The molecule has 0 aliphatic rings. The fraction of sp³-hybridized carbons (Fsp3) is 0.750. The van der Waals surface area contributed by atoms with Crippen LogP contribution in [0, 0.1) is 0 Å². The number of carboxylic acids is 3. The first kappa shape index (κ1) is 26.5. The Bertz CT molecular complexity index is 192. The van der Waals surface area contributed by atoms with Gasteiger partial charge in [0.05, 0.1) is 0 Å². The molecule has 0 aliphatic carbocycles. The fourth-order valence-corrected chi connectivity index (χ4v) is 0.612. The number of carbonyl (C=O) groups excluding carboxylic acids is 3. The zero-order valence-corrected chi connectivity index (χ0v) is 12.9. The van der Waals surface area contributed by atoms with E-state index in [4.69, 9.17) is 0 Å². The van der Waals surface area contributed by atoms with Gasteiger partial charge in [0.25, 0.3) is 0 Å². The standard InChI is InChI=1S/3C4H8O2.Al/c3*1-2-3-4(5)6;/h3*2-3H2,1H3,(H,5,6);/p-3. The number of hydrogen-bond acceptors (Lipinski definition) is 6. The van der Waals surface area contributed by atoms with Crippen molar-refractivity contribution in [3.8, 4) is 0 Å². The second-order valence-corrected chi connectivity index (χ2v) is 3.37. The molecule has 3 radical (unpaired) electrons. The third-order valence-corrected chi connectivity index (χ3v) is 1.36. The molecule has 7 heteroatoms. The van der Waals surface area contributed by atoms with E-state index in [1.807, 2.05) is 0 Å². The summed E-state index contributed by atoms with van der Waals surface area (Å²) in [6.45, 7) is 5.40. The van der Waals surface area contributed by atoms with Crippen LogP contribution in [0.15, 0.2) is 0 Å². The Morgan fingerprint density at radius 2 is 0.789 bits per heavy atom. The Balaban J connectivity index is -0.0000000865. The number of carbonyl (C=O) groups is 3. The van der Waals surface area contributed by atoms with E-state index in [0.29, 0.717) is 19.3 Å². The SMILES string of the molecule is CCCC(=O)[O-].CCCC(=O)[O-].CCCC(=O)[O-].[Al]. The first-order chi connectivity index (χ1) is 8.31. The van der Waals surface area contributed by atoms with Gasteiger partial charge in [0.1, 0.15) is 0 Å². The van der Waals surface area contributed by atoms with Crippen LogP contribution in [0.4, 0.5) is 0 Å². The predicted octanol–water partition coefficient (Wildman–Crippen LogP) is -1.77. The molecule has 0 saturated carbocycles. The van der Waals surface area contributed by atoms with Gasteiger partial charge in [0.2, 0.25) is 0 Å². The lowest BCUT2D eigenvalue weighted by Crippen LogP contribution is -2.20. The van der Waals surface area contributed by atoms with Gasteiger partial charge in [-0.1, -0.05) is 40.0 Å². The molecule has 111 valence electrons. The van der Waals surface area contributed by atoms with Gasteiger partial charge in [-0.2, -0.15) is 0 Å². The highest BCUT2D eigenvalue weighted by Gasteiger charge is 1.76. The summed E-state index contributed by atoms with van der Waals surface area (Å²) in [5.74, 6) is -2.88. The molecule has 0 aromatic carbocycles. The van der Waals surface area contributed by atoms with Gasteiger partial charge in [-0.25, -0.2) is 0 Å². The number of carboxylic acid groups (broad SMARTS) is 3. The Morgan fingerprint density at radius 3 is 0.789 bits per heavy atom. The molecule has 0 bridgehead atoms. The van der Waals surface area contributed by atoms with Crippen molar-refractivity contribution in [1.29, 1.82) is 0 Å². The zero-order chi connectivity index (χ0) is 15.0. The van der Waals surface area contributed by atoms with E-state index < -0.39 is 17.9 Å². The summed E-state index contributed by atoms with van der Waals surface area (Å²) in [5.41, 5.74) is 0. The quantitative estimate of drug-likeness (QED) is 0.533. The molecule has 0 aromatic heterocycles. The molecule has 19 heavy (non-hydrogen) atoms. The molecule has 0 saturated heterocycles. The maximum Gasteiger partial charge on any atom is 0.0414 e. The van der Waals surface area contributed by atoms with Crippen LogP contribution in [0.2, 0.25) is 0 Å². The van der Waals surface area contributed by atoms with E-state index in [-0.39, 0.29) is 36.6 Å². The van der Waals surface area contributed by atoms with Crippen LogP contribution < -0.4 is 15.3 Å². The van der Waals surface area contributed by atoms with Crippen molar-refractivity contribution in [2.24, 2.45) is 0 Å². The fourth-order valence-electron chi connectivity index (χ4n) is 0.612. The number of hydrogen-bond donors (Lipinski definition) is 0. The highest BCUT2D eigenvalue weighted by Crippen LogP contribution is 1.80. The molecule has 0 atom stereocenters. The molecule has 0 rings (SSSR count). The van der Waals surface area contributed by atoms with E-state index in [0.717, 1.165) is 0 Å². The molecule has 6 nitrogen and oxygen atoms in total. The van der Waals surface area contributed by atoms with Crippen molar-refractivity contribution in [3.05, 3.63) is 0 Å². The van der Waals surface area contributed by atoms with Crippen LogP contribution in [0.3, 0.4) is 0 Å². The second kappa shape index (κ2) is 22.2. The van der Waals surface area contributed by atoms with Crippen molar-refractivity contribution in [3.63, 3.8) is 0 Å². The van der Waals surface area contributed by atoms with E-state index in [1.54, 1.807) is 20.8 Å². The molecule has 0 spiro atoms. The number of aliphatic carboxylic acids is 3. The Hall–Kier alpha value is -1.06. The summed E-state index contributed by atoms with van der Waals surface area (Å²) >= 11 is 0. The minimum atomic E-state index is -0.961. The first-order valence-electron chi connectivity index (χ1n) is 5.91. The molecule has 0 aliphatic heterocycles. The predicted molar refractivity (Wildman–Crippen MR) is 65.5 cm³/mol. The summed E-state index contributed by atoms with van der Waals surface area (Å²) in [5, 5.41) is 28.5. The van der Waals surface area contributed by atoms with Crippen molar-refractivity contribution in [2.75, 3.05) is 0 Å². The van der Waals surface area contributed by atoms with E-state index in [2.05, 4.69) is 0 Å². The van der Waals surface area contributed by atoms with Crippen LogP contribution in [-0.2, 0) is 14.4 Å². The van der Waals surface area contributed by atoms with Crippen molar-refractivity contribution in [2.45, 2.75) is 59.3 Å². The largest absolute Gasteiger partial charge is 0.550 e. The van der Waals surface area contributed by atoms with Crippen molar-refractivity contribution in [1.82, 2.24) is 0 Å². The van der Waals surface area contributed by atoms with Crippen molar-refractivity contribution < 1.29 is 29.7 Å². The van der Waals surface area contributed by atoms with E-state index in [1.165, 1.54) is 0 Å². The molecule has 0 unspecified atom stereocenters. The van der Waals surface area contributed by atoms with Crippen LogP contribution in [0.25, 0.3) is 0 Å². The third kappa shape index (κ3) is 60.0. The maximum atomic E-state index is 9.49. The zero-order valence-electron chi connectivity index (χ0n) is 11.8.